The van der Waals surface area contributed by atoms with E-state index in [0.29, 0.717) is 18.0 Å². The fraction of sp³-hybridized carbons (Fsp3) is 0.353. The van der Waals surface area contributed by atoms with E-state index in [1.54, 1.807) is 38.1 Å². The minimum Gasteiger partial charge on any atom is -0.493 e. The van der Waals surface area contributed by atoms with Gasteiger partial charge in [-0.2, -0.15) is 5.10 Å². The predicted octanol–water partition coefficient (Wildman–Crippen LogP) is 1.15. The van der Waals surface area contributed by atoms with Gasteiger partial charge in [-0.25, -0.2) is 4.79 Å². The number of aryl methyl sites for hydroxylation is 1. The highest BCUT2D eigenvalue weighted by molar-refractivity contribution is 5.89. The highest BCUT2D eigenvalue weighted by Crippen LogP contribution is 2.32. The summed E-state index contributed by atoms with van der Waals surface area (Å²) >= 11 is 0. The molecule has 1 fully saturated rings. The van der Waals surface area contributed by atoms with E-state index in [2.05, 4.69) is 10.4 Å². The van der Waals surface area contributed by atoms with Crippen molar-refractivity contribution in [2.45, 2.75) is 12.5 Å². The van der Waals surface area contributed by atoms with Crippen LogP contribution in [-0.2, 0) is 16.6 Å². The molecule has 3 rings (SSSR count). The monoisotopic (exact) mass is 345 g/mol. The van der Waals surface area contributed by atoms with Crippen molar-refractivity contribution < 1.29 is 23.8 Å². The number of benzene rings is 1. The van der Waals surface area contributed by atoms with Crippen molar-refractivity contribution in [1.29, 1.82) is 0 Å². The SMILES string of the molecule is COc1ccc(-c2cc(C(=O)O[C@@H]3CNC(=O)C3)nn2C)cc1OC. The minimum absolute atomic E-state index is 0.121. The Morgan fingerprint density at radius 2 is 2.00 bits per heavy atom. The quantitative estimate of drug-likeness (QED) is 0.818. The smallest absolute Gasteiger partial charge is 0.359 e. The van der Waals surface area contributed by atoms with Gasteiger partial charge < -0.3 is 19.5 Å². The number of nitrogens with zero attached hydrogens (tertiary/aromatic N) is 2. The molecule has 0 bridgehead atoms. The van der Waals surface area contributed by atoms with Crippen molar-refractivity contribution in [1.82, 2.24) is 15.1 Å². The molecular weight excluding hydrogens is 326 g/mol. The molecule has 1 saturated heterocycles. The molecule has 1 aliphatic heterocycles. The van der Waals surface area contributed by atoms with Crippen LogP contribution in [0.4, 0.5) is 0 Å². The molecule has 8 heteroatoms. The maximum Gasteiger partial charge on any atom is 0.359 e. The van der Waals surface area contributed by atoms with Gasteiger partial charge in [0, 0.05) is 12.6 Å². The first kappa shape index (κ1) is 16.8. The fourth-order valence-electron chi connectivity index (χ4n) is 2.71. The number of carbonyl (C=O) groups is 2. The molecule has 1 N–H and O–H groups in total. The number of esters is 1. The van der Waals surface area contributed by atoms with Gasteiger partial charge in [0.15, 0.2) is 17.2 Å². The van der Waals surface area contributed by atoms with Crippen LogP contribution < -0.4 is 14.8 Å². The first-order chi connectivity index (χ1) is 12.0. The number of carbonyl (C=O) groups excluding carboxylic acids is 2. The highest BCUT2D eigenvalue weighted by Gasteiger charge is 2.26. The van der Waals surface area contributed by atoms with Gasteiger partial charge in [0.25, 0.3) is 0 Å². The van der Waals surface area contributed by atoms with E-state index in [9.17, 15) is 9.59 Å². The molecule has 2 heterocycles. The van der Waals surface area contributed by atoms with Crippen LogP contribution >= 0.6 is 0 Å². The van der Waals surface area contributed by atoms with Gasteiger partial charge in [0.05, 0.1) is 32.9 Å². The van der Waals surface area contributed by atoms with Crippen LogP contribution in [-0.4, -0.2) is 48.5 Å². The third kappa shape index (κ3) is 3.42. The highest BCUT2D eigenvalue weighted by atomic mass is 16.5. The molecule has 0 radical (unpaired) electrons. The number of amides is 1. The van der Waals surface area contributed by atoms with Crippen LogP contribution in [0.2, 0.25) is 0 Å². The third-order valence-electron chi connectivity index (χ3n) is 3.98. The Morgan fingerprint density at radius 1 is 1.24 bits per heavy atom. The third-order valence-corrected chi connectivity index (χ3v) is 3.98. The van der Waals surface area contributed by atoms with Gasteiger partial charge in [-0.3, -0.25) is 9.48 Å². The van der Waals surface area contributed by atoms with Crippen LogP contribution in [0.5, 0.6) is 11.5 Å². The summed E-state index contributed by atoms with van der Waals surface area (Å²) < 4.78 is 17.4. The van der Waals surface area contributed by atoms with E-state index in [4.69, 9.17) is 14.2 Å². The molecule has 0 saturated carbocycles. The molecule has 0 unspecified atom stereocenters. The number of rotatable bonds is 5. The van der Waals surface area contributed by atoms with Crippen molar-refractivity contribution in [2.24, 2.45) is 7.05 Å². The van der Waals surface area contributed by atoms with Crippen LogP contribution in [0, 0.1) is 0 Å². The normalized spacial score (nSPS) is 16.4. The molecule has 0 spiro atoms. The molecule has 132 valence electrons. The van der Waals surface area contributed by atoms with Crippen LogP contribution in [0.3, 0.4) is 0 Å². The molecule has 0 aliphatic carbocycles. The lowest BCUT2D eigenvalue weighted by Crippen LogP contribution is -2.21. The maximum atomic E-state index is 12.2. The Bertz CT molecular complexity index is 815. The molecule has 2 aromatic rings. The molecule has 1 amide bonds. The zero-order chi connectivity index (χ0) is 18.0. The lowest BCUT2D eigenvalue weighted by atomic mass is 10.1. The first-order valence-corrected chi connectivity index (χ1v) is 7.76. The summed E-state index contributed by atoms with van der Waals surface area (Å²) in [5.74, 6) is 0.529. The predicted molar refractivity (Wildman–Crippen MR) is 88.6 cm³/mol. The van der Waals surface area contributed by atoms with E-state index in [1.165, 1.54) is 0 Å². The number of hydrogen-bond acceptors (Lipinski definition) is 6. The number of hydrogen-bond donors (Lipinski definition) is 1. The summed E-state index contributed by atoms with van der Waals surface area (Å²) in [5, 5.41) is 6.84. The van der Waals surface area contributed by atoms with E-state index >= 15 is 0 Å². The van der Waals surface area contributed by atoms with Crippen LogP contribution in [0.1, 0.15) is 16.9 Å². The Balaban J connectivity index is 1.82. The maximum absolute atomic E-state index is 12.2. The Hall–Kier alpha value is -3.03. The second kappa shape index (κ2) is 6.84. The van der Waals surface area contributed by atoms with Crippen molar-refractivity contribution in [3.8, 4) is 22.8 Å². The van der Waals surface area contributed by atoms with Gasteiger partial charge in [-0.1, -0.05) is 0 Å². The van der Waals surface area contributed by atoms with Gasteiger partial charge in [-0.05, 0) is 24.3 Å². The molecular formula is C17H19N3O5. The molecule has 25 heavy (non-hydrogen) atoms. The van der Waals surface area contributed by atoms with E-state index in [0.717, 1.165) is 11.3 Å². The molecule has 1 aliphatic rings. The minimum atomic E-state index is -0.552. The Kier molecular flexibility index (Phi) is 4.60. The van der Waals surface area contributed by atoms with Gasteiger partial charge in [0.2, 0.25) is 5.91 Å². The van der Waals surface area contributed by atoms with Crippen molar-refractivity contribution in [3.63, 3.8) is 0 Å². The van der Waals surface area contributed by atoms with Gasteiger partial charge in [0.1, 0.15) is 6.10 Å². The standard InChI is InChI=1S/C17H19N3O5/c1-20-13(10-4-5-14(23-2)15(6-10)24-3)8-12(19-20)17(22)25-11-7-16(21)18-9-11/h4-6,8,11H,7,9H2,1-3H3,(H,18,21)/t11-/m0/s1. The van der Waals surface area contributed by atoms with E-state index in [1.807, 2.05) is 12.1 Å². The average Bonchev–Trinajstić information content (AvgIpc) is 3.19. The summed E-state index contributed by atoms with van der Waals surface area (Å²) in [4.78, 5) is 23.4. The summed E-state index contributed by atoms with van der Waals surface area (Å²) in [6, 6.07) is 7.10. The Morgan fingerprint density at radius 3 is 2.64 bits per heavy atom. The zero-order valence-corrected chi connectivity index (χ0v) is 14.2. The number of methoxy groups -OCH3 is 2. The lowest BCUT2D eigenvalue weighted by molar-refractivity contribution is -0.119. The summed E-state index contributed by atoms with van der Waals surface area (Å²) in [5.41, 5.74) is 1.74. The lowest BCUT2D eigenvalue weighted by Gasteiger charge is -2.09. The van der Waals surface area contributed by atoms with Gasteiger partial charge in [-0.15, -0.1) is 0 Å². The first-order valence-electron chi connectivity index (χ1n) is 7.76. The van der Waals surface area contributed by atoms with E-state index in [-0.39, 0.29) is 18.0 Å². The molecule has 1 atom stereocenters. The zero-order valence-electron chi connectivity index (χ0n) is 14.2. The van der Waals surface area contributed by atoms with Crippen LogP contribution in [0.15, 0.2) is 24.3 Å². The topological polar surface area (TPSA) is 91.7 Å². The van der Waals surface area contributed by atoms with Crippen molar-refractivity contribution in [3.05, 3.63) is 30.0 Å². The number of ether oxygens (including phenoxy) is 3. The molecule has 8 nitrogen and oxygen atoms in total. The Labute approximate surface area is 144 Å². The summed E-state index contributed by atoms with van der Waals surface area (Å²) in [6.45, 7) is 0.333. The van der Waals surface area contributed by atoms with Crippen LogP contribution in [0.25, 0.3) is 11.3 Å². The largest absolute Gasteiger partial charge is 0.493 e. The number of aromatic nitrogens is 2. The molecule has 1 aromatic carbocycles. The van der Waals surface area contributed by atoms with Crippen molar-refractivity contribution >= 4 is 11.9 Å². The fourth-order valence-corrected chi connectivity index (χ4v) is 2.71. The average molecular weight is 345 g/mol. The second-order valence-electron chi connectivity index (χ2n) is 5.64. The van der Waals surface area contributed by atoms with Gasteiger partial charge >= 0.3 is 5.97 Å². The van der Waals surface area contributed by atoms with E-state index < -0.39 is 12.1 Å². The summed E-state index contributed by atoms with van der Waals surface area (Å²) in [6.07, 6.45) is -0.271. The summed E-state index contributed by atoms with van der Waals surface area (Å²) in [7, 11) is 4.87. The van der Waals surface area contributed by atoms with Crippen molar-refractivity contribution in [2.75, 3.05) is 20.8 Å². The number of nitrogens with one attached hydrogen (secondary N) is 1. The molecule has 1 aromatic heterocycles. The second-order valence-corrected chi connectivity index (χ2v) is 5.64.